The van der Waals surface area contributed by atoms with Crippen LogP contribution in [0, 0.1) is 5.92 Å². The van der Waals surface area contributed by atoms with E-state index in [1.807, 2.05) is 0 Å². The molecule has 1 aromatic carbocycles. The third kappa shape index (κ3) is 2.97. The zero-order valence-corrected chi connectivity index (χ0v) is 10.1. The number of benzene rings is 1. The number of halogens is 3. The van der Waals surface area contributed by atoms with Gasteiger partial charge in [0, 0.05) is 0 Å². The molecule has 1 aliphatic carbocycles. The van der Waals surface area contributed by atoms with Crippen LogP contribution >= 0.6 is 0 Å². The van der Waals surface area contributed by atoms with E-state index in [4.69, 9.17) is 4.74 Å². The number of carbonyl (C=O) groups excluding carboxylic acids is 1. The predicted octanol–water partition coefficient (Wildman–Crippen LogP) is 3.54. The molecule has 0 N–H and O–H groups in total. The fraction of sp³-hybridized carbons (Fsp3) is 0.357. The Balaban J connectivity index is 2.13. The quantitative estimate of drug-likeness (QED) is 0.618. The van der Waals surface area contributed by atoms with Crippen LogP contribution in [0.3, 0.4) is 0 Å². The highest BCUT2D eigenvalue weighted by Gasteiger charge is 2.48. The maximum atomic E-state index is 12.8. The van der Waals surface area contributed by atoms with Gasteiger partial charge >= 0.3 is 12.1 Å². The third-order valence-corrected chi connectivity index (χ3v) is 3.10. The Labute approximate surface area is 108 Å². The molecule has 2 unspecified atom stereocenters. The van der Waals surface area contributed by atoms with Gasteiger partial charge in [0.05, 0.1) is 11.5 Å². The third-order valence-electron chi connectivity index (χ3n) is 3.10. The van der Waals surface area contributed by atoms with Gasteiger partial charge in [-0.2, -0.15) is 13.2 Å². The van der Waals surface area contributed by atoms with Gasteiger partial charge in [-0.1, -0.05) is 30.9 Å². The van der Waals surface area contributed by atoms with E-state index in [1.54, 1.807) is 6.07 Å². The van der Waals surface area contributed by atoms with E-state index in [-0.39, 0.29) is 12.2 Å². The fourth-order valence-electron chi connectivity index (χ4n) is 2.13. The lowest BCUT2D eigenvalue weighted by atomic mass is 10.0. The van der Waals surface area contributed by atoms with E-state index in [0.717, 1.165) is 6.07 Å². The summed E-state index contributed by atoms with van der Waals surface area (Å²) in [6.07, 6.45) is -2.56. The van der Waals surface area contributed by atoms with Crippen LogP contribution in [0.5, 0.6) is 0 Å². The fourth-order valence-corrected chi connectivity index (χ4v) is 2.13. The van der Waals surface area contributed by atoms with Crippen LogP contribution in [0.25, 0.3) is 0 Å². The summed E-state index contributed by atoms with van der Waals surface area (Å²) in [7, 11) is 0. The largest absolute Gasteiger partial charge is 0.461 e. The van der Waals surface area contributed by atoms with Crippen molar-refractivity contribution in [3.8, 4) is 0 Å². The van der Waals surface area contributed by atoms with Crippen molar-refractivity contribution in [3.63, 3.8) is 0 Å². The van der Waals surface area contributed by atoms with Gasteiger partial charge in [0.25, 0.3) is 0 Å². The zero-order valence-electron chi connectivity index (χ0n) is 10.1. The van der Waals surface area contributed by atoms with Gasteiger partial charge < -0.3 is 4.74 Å². The van der Waals surface area contributed by atoms with Crippen LogP contribution in [0.1, 0.15) is 23.5 Å². The molecule has 1 saturated carbocycles. The molecule has 19 heavy (non-hydrogen) atoms. The molecule has 0 bridgehead atoms. The standard InChI is InChI=1S/C14H13F3O2/c1-2-7-19-13(18)11-8-10(11)9-5-3-4-6-12(9)14(15,16)17/h2-6,10-11H,1,7-8H2. The first-order valence-electron chi connectivity index (χ1n) is 5.88. The lowest BCUT2D eigenvalue weighted by Gasteiger charge is -2.12. The van der Waals surface area contributed by atoms with E-state index in [0.29, 0.717) is 6.42 Å². The summed E-state index contributed by atoms with van der Waals surface area (Å²) in [6.45, 7) is 3.50. The second kappa shape index (κ2) is 5.07. The van der Waals surface area contributed by atoms with Gasteiger partial charge in [0.2, 0.25) is 0 Å². The molecule has 2 atom stereocenters. The molecule has 0 spiro atoms. The van der Waals surface area contributed by atoms with Crippen molar-refractivity contribution in [2.45, 2.75) is 18.5 Å². The molecule has 2 nitrogen and oxygen atoms in total. The zero-order chi connectivity index (χ0) is 14.0. The smallest absolute Gasteiger partial charge is 0.416 e. The summed E-state index contributed by atoms with van der Waals surface area (Å²) in [4.78, 5) is 11.6. The minimum atomic E-state index is -4.39. The Hall–Kier alpha value is -1.78. The molecule has 0 radical (unpaired) electrons. The highest BCUT2D eigenvalue weighted by atomic mass is 19.4. The first-order chi connectivity index (χ1) is 8.95. The molecule has 0 heterocycles. The molecule has 0 aromatic heterocycles. The average Bonchev–Trinajstić information content (AvgIpc) is 3.15. The van der Waals surface area contributed by atoms with Crippen molar-refractivity contribution in [1.82, 2.24) is 0 Å². The van der Waals surface area contributed by atoms with Gasteiger partial charge in [-0.05, 0) is 24.0 Å². The Morgan fingerprint density at radius 1 is 1.42 bits per heavy atom. The van der Waals surface area contributed by atoms with E-state index >= 15 is 0 Å². The SMILES string of the molecule is C=CCOC(=O)C1CC1c1ccccc1C(F)(F)F. The number of hydrogen-bond acceptors (Lipinski definition) is 2. The Kier molecular flexibility index (Phi) is 3.64. The molecule has 0 aliphatic heterocycles. The summed E-state index contributed by atoms with van der Waals surface area (Å²) in [5, 5.41) is 0. The number of rotatable bonds is 4. The summed E-state index contributed by atoms with van der Waals surface area (Å²) < 4.78 is 43.4. The number of ether oxygens (including phenoxy) is 1. The number of alkyl halides is 3. The first-order valence-corrected chi connectivity index (χ1v) is 5.88. The Morgan fingerprint density at radius 2 is 2.11 bits per heavy atom. The molecule has 0 amide bonds. The van der Waals surface area contributed by atoms with Gasteiger partial charge in [-0.3, -0.25) is 4.79 Å². The van der Waals surface area contributed by atoms with Crippen molar-refractivity contribution < 1.29 is 22.7 Å². The Bertz CT molecular complexity index is 494. The van der Waals surface area contributed by atoms with Crippen LogP contribution in [-0.4, -0.2) is 12.6 Å². The molecular formula is C14H13F3O2. The van der Waals surface area contributed by atoms with Crippen molar-refractivity contribution in [2.24, 2.45) is 5.92 Å². The summed E-state index contributed by atoms with van der Waals surface area (Å²) >= 11 is 0. The first kappa shape index (κ1) is 13.6. The Morgan fingerprint density at radius 3 is 2.74 bits per heavy atom. The average molecular weight is 270 g/mol. The molecule has 0 saturated heterocycles. The lowest BCUT2D eigenvalue weighted by Crippen LogP contribution is -2.11. The highest BCUT2D eigenvalue weighted by Crippen LogP contribution is 2.51. The summed E-state index contributed by atoms with van der Waals surface area (Å²) in [5.41, 5.74) is -0.491. The number of hydrogen-bond donors (Lipinski definition) is 0. The molecule has 1 aliphatic rings. The van der Waals surface area contributed by atoms with Crippen LogP contribution in [-0.2, 0) is 15.7 Å². The van der Waals surface area contributed by atoms with E-state index in [9.17, 15) is 18.0 Å². The van der Waals surface area contributed by atoms with Crippen LogP contribution in [0.15, 0.2) is 36.9 Å². The molecule has 1 fully saturated rings. The van der Waals surface area contributed by atoms with Gasteiger partial charge in [0.15, 0.2) is 0 Å². The highest BCUT2D eigenvalue weighted by molar-refractivity contribution is 5.77. The molecule has 5 heteroatoms. The van der Waals surface area contributed by atoms with Crippen molar-refractivity contribution in [3.05, 3.63) is 48.0 Å². The molecule has 102 valence electrons. The summed E-state index contributed by atoms with van der Waals surface area (Å²) in [5.74, 6) is -1.32. The number of esters is 1. The van der Waals surface area contributed by atoms with E-state index in [1.165, 1.54) is 18.2 Å². The van der Waals surface area contributed by atoms with E-state index < -0.39 is 29.5 Å². The van der Waals surface area contributed by atoms with Crippen LogP contribution < -0.4 is 0 Å². The summed E-state index contributed by atoms with van der Waals surface area (Å²) in [6, 6.07) is 5.36. The maximum absolute atomic E-state index is 12.8. The minimum Gasteiger partial charge on any atom is -0.461 e. The number of carbonyl (C=O) groups is 1. The lowest BCUT2D eigenvalue weighted by molar-refractivity contribution is -0.144. The van der Waals surface area contributed by atoms with Crippen molar-refractivity contribution >= 4 is 5.97 Å². The molecule has 2 rings (SSSR count). The monoisotopic (exact) mass is 270 g/mol. The van der Waals surface area contributed by atoms with Crippen molar-refractivity contribution in [2.75, 3.05) is 6.61 Å². The topological polar surface area (TPSA) is 26.3 Å². The molecule has 1 aromatic rings. The maximum Gasteiger partial charge on any atom is 0.416 e. The minimum absolute atomic E-state index is 0.0863. The van der Waals surface area contributed by atoms with Crippen LogP contribution in [0.4, 0.5) is 13.2 Å². The van der Waals surface area contributed by atoms with E-state index in [2.05, 4.69) is 6.58 Å². The van der Waals surface area contributed by atoms with Gasteiger partial charge in [-0.15, -0.1) is 0 Å². The van der Waals surface area contributed by atoms with Gasteiger partial charge in [0.1, 0.15) is 6.61 Å². The predicted molar refractivity (Wildman–Crippen MR) is 63.4 cm³/mol. The normalized spacial score (nSPS) is 21.8. The second-order valence-electron chi connectivity index (χ2n) is 4.45. The van der Waals surface area contributed by atoms with Crippen LogP contribution in [0.2, 0.25) is 0 Å². The molecular weight excluding hydrogens is 257 g/mol. The second-order valence-corrected chi connectivity index (χ2v) is 4.45. The van der Waals surface area contributed by atoms with Crippen molar-refractivity contribution in [1.29, 1.82) is 0 Å². The van der Waals surface area contributed by atoms with Gasteiger partial charge in [-0.25, -0.2) is 0 Å².